The Morgan fingerprint density at radius 1 is 1.13 bits per heavy atom. The van der Waals surface area contributed by atoms with E-state index in [1.165, 1.54) is 23.9 Å². The fourth-order valence-corrected chi connectivity index (χ4v) is 4.14. The molecule has 0 saturated heterocycles. The maximum atomic E-state index is 13.5. The summed E-state index contributed by atoms with van der Waals surface area (Å²) in [5, 5.41) is 3.67. The quantitative estimate of drug-likeness (QED) is 0.572. The van der Waals surface area contributed by atoms with Gasteiger partial charge in [0, 0.05) is 5.41 Å². The summed E-state index contributed by atoms with van der Waals surface area (Å²) in [7, 11) is -3.88. The maximum absolute atomic E-state index is 13.5. The zero-order valence-corrected chi connectivity index (χ0v) is 18.3. The summed E-state index contributed by atoms with van der Waals surface area (Å²) >= 11 is 1.48. The largest absolute Gasteiger partial charge is 0.348 e. The molecule has 0 aliphatic rings. The van der Waals surface area contributed by atoms with E-state index < -0.39 is 39.6 Å². The summed E-state index contributed by atoms with van der Waals surface area (Å²) in [6, 6.07) is 10.6. The van der Waals surface area contributed by atoms with Crippen LogP contribution in [0.5, 0.6) is 0 Å². The smallest absolute Gasteiger partial charge is 0.238 e. The summed E-state index contributed by atoms with van der Waals surface area (Å²) in [5.74, 6) is -1.98. The molecule has 2 aromatic rings. The van der Waals surface area contributed by atoms with Crippen LogP contribution in [-0.4, -0.2) is 32.4 Å². The lowest BCUT2D eigenvalue weighted by molar-refractivity contribution is -0.123. The van der Waals surface area contributed by atoms with E-state index in [9.17, 15) is 22.0 Å². The van der Waals surface area contributed by atoms with Gasteiger partial charge in [0.05, 0.1) is 6.04 Å². The zero-order chi connectivity index (χ0) is 22.1. The number of rotatable bonds is 10. The number of hydrogen-bond donors (Lipinski definition) is 2. The first-order valence-corrected chi connectivity index (χ1v) is 12.2. The normalized spacial score (nSPS) is 13.9. The van der Waals surface area contributed by atoms with Crippen molar-refractivity contribution in [3.63, 3.8) is 0 Å². The van der Waals surface area contributed by atoms with E-state index in [0.29, 0.717) is 16.9 Å². The first-order valence-electron chi connectivity index (χ1n) is 9.21. The lowest BCUT2D eigenvalue weighted by Gasteiger charge is -2.21. The number of sulfonamides is 1. The molecular weight excluding hydrogens is 430 g/mol. The van der Waals surface area contributed by atoms with E-state index in [2.05, 4.69) is 10.0 Å². The highest BCUT2D eigenvalue weighted by Crippen LogP contribution is 2.16. The third-order valence-electron chi connectivity index (χ3n) is 4.28. The molecule has 2 N–H and O–H groups in total. The second-order valence-corrected chi connectivity index (χ2v) is 9.20. The Morgan fingerprint density at radius 2 is 1.83 bits per heavy atom. The van der Waals surface area contributed by atoms with Gasteiger partial charge in [0.15, 0.2) is 11.6 Å². The molecule has 2 atom stereocenters. The molecule has 9 heteroatoms. The predicted molar refractivity (Wildman–Crippen MR) is 117 cm³/mol. The molecule has 0 spiro atoms. The second-order valence-electron chi connectivity index (χ2n) is 6.61. The number of amides is 1. The molecule has 0 radical (unpaired) electrons. The van der Waals surface area contributed by atoms with Gasteiger partial charge in [-0.1, -0.05) is 36.4 Å². The third-order valence-corrected chi connectivity index (χ3v) is 6.03. The molecular formula is C21H24F2N2O3S2. The predicted octanol–water partition coefficient (Wildman–Crippen LogP) is 3.85. The lowest BCUT2D eigenvalue weighted by atomic mass is 10.1. The van der Waals surface area contributed by atoms with E-state index in [1.807, 2.05) is 12.3 Å². The summed E-state index contributed by atoms with van der Waals surface area (Å²) in [6.07, 6.45) is 3.56. The Bertz CT molecular complexity index is 983. The highest BCUT2D eigenvalue weighted by Gasteiger charge is 2.24. The van der Waals surface area contributed by atoms with Crippen LogP contribution in [0.25, 0.3) is 6.08 Å². The topological polar surface area (TPSA) is 75.3 Å². The summed E-state index contributed by atoms with van der Waals surface area (Å²) < 4.78 is 53.9. The third kappa shape index (κ3) is 7.55. The first kappa shape index (κ1) is 24.0. The molecule has 5 nitrogen and oxygen atoms in total. The SMILES string of the molecule is CSCCC(NS(=O)(=O)/C=C/c1ccccc1)C(=O)NC(C)c1ccc(F)c(F)c1. The molecule has 0 heterocycles. The van der Waals surface area contributed by atoms with Crippen LogP contribution in [0.3, 0.4) is 0 Å². The maximum Gasteiger partial charge on any atom is 0.238 e. The monoisotopic (exact) mass is 454 g/mol. The molecule has 0 bridgehead atoms. The average molecular weight is 455 g/mol. The van der Waals surface area contributed by atoms with Gasteiger partial charge in [0.2, 0.25) is 15.9 Å². The van der Waals surface area contributed by atoms with Gasteiger partial charge in [-0.15, -0.1) is 0 Å². The Labute approximate surface area is 180 Å². The number of carbonyl (C=O) groups excluding carboxylic acids is 1. The van der Waals surface area contributed by atoms with Crippen molar-refractivity contribution in [1.82, 2.24) is 10.0 Å². The lowest BCUT2D eigenvalue weighted by Crippen LogP contribution is -2.47. The van der Waals surface area contributed by atoms with Gasteiger partial charge in [-0.05, 0) is 54.7 Å². The number of hydrogen-bond acceptors (Lipinski definition) is 4. The van der Waals surface area contributed by atoms with Crippen molar-refractivity contribution in [1.29, 1.82) is 0 Å². The number of carbonyl (C=O) groups is 1. The van der Waals surface area contributed by atoms with Crippen LogP contribution in [-0.2, 0) is 14.8 Å². The van der Waals surface area contributed by atoms with E-state index in [4.69, 9.17) is 0 Å². The molecule has 0 aromatic heterocycles. The average Bonchev–Trinajstić information content (AvgIpc) is 2.72. The Morgan fingerprint density at radius 3 is 2.47 bits per heavy atom. The molecule has 1 amide bonds. The van der Waals surface area contributed by atoms with E-state index in [-0.39, 0.29) is 6.42 Å². The van der Waals surface area contributed by atoms with Crippen molar-refractivity contribution in [2.45, 2.75) is 25.4 Å². The van der Waals surface area contributed by atoms with Gasteiger partial charge in [0.25, 0.3) is 0 Å². The van der Waals surface area contributed by atoms with E-state index >= 15 is 0 Å². The van der Waals surface area contributed by atoms with Gasteiger partial charge in [0.1, 0.15) is 6.04 Å². The van der Waals surface area contributed by atoms with Crippen LogP contribution < -0.4 is 10.0 Å². The minimum absolute atomic E-state index is 0.274. The number of benzene rings is 2. The highest BCUT2D eigenvalue weighted by atomic mass is 32.2. The van der Waals surface area contributed by atoms with E-state index in [0.717, 1.165) is 17.5 Å². The van der Waals surface area contributed by atoms with Crippen molar-refractivity contribution < 1.29 is 22.0 Å². The molecule has 2 aromatic carbocycles. The van der Waals surface area contributed by atoms with Gasteiger partial charge in [-0.25, -0.2) is 17.2 Å². The fourth-order valence-electron chi connectivity index (χ4n) is 2.63. The summed E-state index contributed by atoms with van der Waals surface area (Å²) in [5.41, 5.74) is 1.08. The summed E-state index contributed by atoms with van der Waals surface area (Å²) in [6.45, 7) is 1.61. The zero-order valence-electron chi connectivity index (χ0n) is 16.6. The molecule has 2 rings (SSSR count). The molecule has 30 heavy (non-hydrogen) atoms. The van der Waals surface area contributed by atoms with Crippen LogP contribution in [0.15, 0.2) is 53.9 Å². The molecule has 0 aliphatic carbocycles. The molecule has 162 valence electrons. The van der Waals surface area contributed by atoms with Crippen molar-refractivity contribution in [3.8, 4) is 0 Å². The first-order chi connectivity index (χ1) is 14.2. The van der Waals surface area contributed by atoms with Gasteiger partial charge >= 0.3 is 0 Å². The minimum atomic E-state index is -3.88. The molecule has 2 unspecified atom stereocenters. The van der Waals surface area contributed by atoms with Gasteiger partial charge in [-0.3, -0.25) is 4.79 Å². The van der Waals surface area contributed by atoms with Crippen LogP contribution >= 0.6 is 11.8 Å². The number of halogens is 2. The van der Waals surface area contributed by atoms with Gasteiger partial charge < -0.3 is 5.32 Å². The van der Waals surface area contributed by atoms with Crippen molar-refractivity contribution in [2.24, 2.45) is 0 Å². The van der Waals surface area contributed by atoms with E-state index in [1.54, 1.807) is 31.2 Å². The Hall–Kier alpha value is -2.23. The fraction of sp³-hybridized carbons (Fsp3) is 0.286. The van der Waals surface area contributed by atoms with Crippen molar-refractivity contribution >= 4 is 33.8 Å². The van der Waals surface area contributed by atoms with Crippen LogP contribution in [0.4, 0.5) is 8.78 Å². The second kappa shape index (κ2) is 11.2. The summed E-state index contributed by atoms with van der Waals surface area (Å²) in [4.78, 5) is 12.7. The molecule has 0 fully saturated rings. The van der Waals surface area contributed by atoms with Crippen LogP contribution in [0.1, 0.15) is 30.5 Å². The minimum Gasteiger partial charge on any atom is -0.348 e. The van der Waals surface area contributed by atoms with Crippen LogP contribution in [0, 0.1) is 11.6 Å². The standard InChI is InChI=1S/C21H24F2N2O3S2/c1-15(17-8-9-18(22)19(23)14-17)24-21(26)20(10-12-29-2)25-30(27,28)13-11-16-6-4-3-5-7-16/h3-9,11,13-15,20,25H,10,12H2,1-2H3,(H,24,26)/b13-11+. The Balaban J connectivity index is 2.10. The van der Waals surface area contributed by atoms with Crippen LogP contribution in [0.2, 0.25) is 0 Å². The molecule has 0 aliphatic heterocycles. The van der Waals surface area contributed by atoms with Crippen molar-refractivity contribution in [2.75, 3.05) is 12.0 Å². The number of thioether (sulfide) groups is 1. The van der Waals surface area contributed by atoms with Gasteiger partial charge in [-0.2, -0.15) is 16.5 Å². The molecule has 0 saturated carbocycles. The Kier molecular flexibility index (Phi) is 9.01. The van der Waals surface area contributed by atoms with Crippen molar-refractivity contribution in [3.05, 3.63) is 76.7 Å². The highest BCUT2D eigenvalue weighted by molar-refractivity contribution is 7.98. The number of nitrogens with one attached hydrogen (secondary N) is 2.